The quantitative estimate of drug-likeness (QED) is 0.163. The van der Waals surface area contributed by atoms with E-state index in [1.165, 1.54) is 45.7 Å². The Morgan fingerprint density at radius 1 is 0.293 bits per heavy atom. The van der Waals surface area contributed by atoms with Crippen LogP contribution in [0.25, 0.3) is 119 Å². The van der Waals surface area contributed by atoms with Crippen molar-refractivity contribution in [2.45, 2.75) is 0 Å². The zero-order valence-corrected chi connectivity index (χ0v) is 32.6. The number of pyridine rings is 1. The Morgan fingerprint density at radius 2 is 0.845 bits per heavy atom. The van der Waals surface area contributed by atoms with Gasteiger partial charge in [-0.25, -0.2) is 19.9 Å². The Bertz CT molecular complexity index is 3570. The summed E-state index contributed by atoms with van der Waals surface area (Å²) in [5.41, 5.74) is 7.96. The average Bonchev–Trinajstić information content (AvgIpc) is 3.87. The van der Waals surface area contributed by atoms with E-state index in [9.17, 15) is 0 Å². The van der Waals surface area contributed by atoms with Crippen molar-refractivity contribution in [1.82, 2.24) is 19.9 Å². The molecule has 0 amide bonds. The molecule has 0 aliphatic rings. The molecule has 58 heavy (non-hydrogen) atoms. The highest BCUT2D eigenvalue weighted by Gasteiger charge is 2.20. The summed E-state index contributed by atoms with van der Waals surface area (Å²) in [4.78, 5) is 20.9. The van der Waals surface area contributed by atoms with Crippen LogP contribution >= 0.6 is 22.7 Å². The highest BCUT2D eigenvalue weighted by Crippen LogP contribution is 2.45. The number of aromatic nitrogens is 4. The fourth-order valence-electron chi connectivity index (χ4n) is 8.42. The van der Waals surface area contributed by atoms with Gasteiger partial charge in [0.1, 0.15) is 0 Å². The Morgan fingerprint density at radius 3 is 1.64 bits per heavy atom. The molecule has 6 heteroatoms. The lowest BCUT2D eigenvalue weighted by molar-refractivity contribution is 1.07. The first-order valence-electron chi connectivity index (χ1n) is 19.3. The van der Waals surface area contributed by atoms with Crippen molar-refractivity contribution >= 4 is 84.7 Å². The second-order valence-electron chi connectivity index (χ2n) is 14.5. The van der Waals surface area contributed by atoms with Crippen LogP contribution in [0.5, 0.6) is 0 Å². The molecule has 0 aliphatic carbocycles. The van der Waals surface area contributed by atoms with Gasteiger partial charge >= 0.3 is 0 Å². The van der Waals surface area contributed by atoms with E-state index in [0.717, 1.165) is 55.4 Å². The lowest BCUT2D eigenvalue weighted by Gasteiger charge is -2.15. The predicted molar refractivity (Wildman–Crippen MR) is 246 cm³/mol. The van der Waals surface area contributed by atoms with E-state index in [1.807, 2.05) is 29.5 Å². The van der Waals surface area contributed by atoms with Gasteiger partial charge in [-0.2, -0.15) is 0 Å². The number of thiophene rings is 2. The Balaban J connectivity index is 1.07. The van der Waals surface area contributed by atoms with Crippen molar-refractivity contribution in [3.05, 3.63) is 182 Å². The van der Waals surface area contributed by atoms with Crippen molar-refractivity contribution in [3.8, 4) is 56.5 Å². The van der Waals surface area contributed by atoms with Crippen molar-refractivity contribution < 1.29 is 0 Å². The third kappa shape index (κ3) is 5.34. The van der Waals surface area contributed by atoms with Crippen LogP contribution in [-0.2, 0) is 0 Å². The molecular weight excluding hydrogens is 745 g/mol. The van der Waals surface area contributed by atoms with E-state index in [4.69, 9.17) is 19.9 Å². The third-order valence-corrected chi connectivity index (χ3v) is 13.4. The van der Waals surface area contributed by atoms with Crippen molar-refractivity contribution in [1.29, 1.82) is 0 Å². The molecule has 270 valence electrons. The first kappa shape index (κ1) is 33.1. The van der Waals surface area contributed by atoms with Gasteiger partial charge in [0.05, 0.1) is 11.2 Å². The molecule has 0 unspecified atom stereocenters. The summed E-state index contributed by atoms with van der Waals surface area (Å²) in [6, 6.07) is 64.3. The lowest BCUT2D eigenvalue weighted by Crippen LogP contribution is -2.00. The second-order valence-corrected chi connectivity index (χ2v) is 16.7. The molecule has 8 aromatic carbocycles. The van der Waals surface area contributed by atoms with Gasteiger partial charge in [-0.1, -0.05) is 152 Å². The van der Waals surface area contributed by atoms with E-state index in [2.05, 4.69) is 164 Å². The lowest BCUT2D eigenvalue weighted by atomic mass is 9.93. The van der Waals surface area contributed by atoms with E-state index >= 15 is 0 Å². The van der Waals surface area contributed by atoms with E-state index in [0.29, 0.717) is 17.5 Å². The minimum atomic E-state index is 0.622. The van der Waals surface area contributed by atoms with Crippen LogP contribution < -0.4 is 0 Å². The van der Waals surface area contributed by atoms with Gasteiger partial charge in [-0.05, 0) is 35.9 Å². The largest absolute Gasteiger partial charge is 0.246 e. The van der Waals surface area contributed by atoms with Gasteiger partial charge in [-0.3, -0.25) is 0 Å². The monoisotopic (exact) mass is 774 g/mol. The van der Waals surface area contributed by atoms with Gasteiger partial charge in [-0.15, -0.1) is 22.7 Å². The summed E-state index contributed by atoms with van der Waals surface area (Å²) in [7, 11) is 0. The maximum atomic E-state index is 5.53. The molecule has 0 fully saturated rings. The fraction of sp³-hybridized carbons (Fsp3) is 0. The van der Waals surface area contributed by atoms with Crippen LogP contribution in [0.15, 0.2) is 182 Å². The van der Waals surface area contributed by atoms with Crippen molar-refractivity contribution in [2.75, 3.05) is 0 Å². The smallest absolute Gasteiger partial charge is 0.164 e. The Labute approximate surface area is 341 Å². The number of rotatable bonds is 5. The van der Waals surface area contributed by atoms with Crippen molar-refractivity contribution in [2.24, 2.45) is 0 Å². The zero-order valence-electron chi connectivity index (χ0n) is 30.9. The second kappa shape index (κ2) is 13.2. The Kier molecular flexibility index (Phi) is 7.55. The minimum Gasteiger partial charge on any atom is -0.246 e. The molecule has 0 saturated carbocycles. The highest BCUT2D eigenvalue weighted by molar-refractivity contribution is 7.26. The Hall–Kier alpha value is -7.12. The average molecular weight is 775 g/mol. The summed E-state index contributed by atoms with van der Waals surface area (Å²) in [6.07, 6.45) is 0. The molecule has 0 N–H and O–H groups in total. The van der Waals surface area contributed by atoms with E-state index in [1.54, 1.807) is 11.3 Å². The van der Waals surface area contributed by atoms with Gasteiger partial charge in [0.25, 0.3) is 0 Å². The van der Waals surface area contributed by atoms with Crippen LogP contribution in [0.3, 0.4) is 0 Å². The van der Waals surface area contributed by atoms with Crippen LogP contribution in [0.4, 0.5) is 0 Å². The molecule has 4 nitrogen and oxygen atoms in total. The molecule has 0 spiro atoms. The number of hydrogen-bond donors (Lipinski definition) is 0. The first-order valence-corrected chi connectivity index (χ1v) is 20.9. The van der Waals surface area contributed by atoms with E-state index in [-0.39, 0.29) is 0 Å². The highest BCUT2D eigenvalue weighted by atomic mass is 32.1. The van der Waals surface area contributed by atoms with Crippen LogP contribution in [0.1, 0.15) is 0 Å². The zero-order chi connectivity index (χ0) is 38.2. The molecule has 4 aromatic heterocycles. The van der Waals surface area contributed by atoms with Crippen LogP contribution in [0.2, 0.25) is 0 Å². The van der Waals surface area contributed by atoms with Gasteiger partial charge in [0, 0.05) is 84.3 Å². The van der Waals surface area contributed by atoms with Gasteiger partial charge < -0.3 is 0 Å². The maximum Gasteiger partial charge on any atom is 0.164 e. The van der Waals surface area contributed by atoms with Crippen molar-refractivity contribution in [3.63, 3.8) is 0 Å². The molecule has 0 radical (unpaired) electrons. The fourth-order valence-corrected chi connectivity index (χ4v) is 10.7. The summed E-state index contributed by atoms with van der Waals surface area (Å²) in [6.45, 7) is 0. The number of para-hydroxylation sites is 1. The molecule has 4 heterocycles. The van der Waals surface area contributed by atoms with Crippen LogP contribution in [-0.4, -0.2) is 19.9 Å². The minimum absolute atomic E-state index is 0.622. The normalized spacial score (nSPS) is 11.8. The third-order valence-electron chi connectivity index (χ3n) is 11.1. The SMILES string of the molecule is c1ccc(-c2nc(-c3cccc(-c4cccc5c4nc(-c4ccccc4)c4ccc6sc7ccccc7c6c45)c3)nc(-c3ccc4c(c3)sc3ccccc34)n2)cc1. The molecule has 0 bridgehead atoms. The first-order chi connectivity index (χ1) is 28.7. The predicted octanol–water partition coefficient (Wildman–Crippen LogP) is 14.6. The summed E-state index contributed by atoms with van der Waals surface area (Å²) < 4.78 is 5.05. The summed E-state index contributed by atoms with van der Waals surface area (Å²) in [5.74, 6) is 1.91. The summed E-state index contributed by atoms with van der Waals surface area (Å²) >= 11 is 3.65. The molecule has 12 aromatic rings. The number of nitrogens with zero attached hydrogens (tertiary/aromatic N) is 4. The van der Waals surface area contributed by atoms with E-state index < -0.39 is 0 Å². The van der Waals surface area contributed by atoms with Gasteiger partial charge in [0.2, 0.25) is 0 Å². The molecular formula is C52H30N4S2. The topological polar surface area (TPSA) is 51.6 Å². The maximum absolute atomic E-state index is 5.53. The number of benzene rings is 8. The number of hydrogen-bond acceptors (Lipinski definition) is 6. The number of fused-ring (bicyclic) bond motifs is 10. The van der Waals surface area contributed by atoms with Gasteiger partial charge in [0.15, 0.2) is 17.5 Å². The standard InChI is InChI=1S/C52H30N4S2/c1-3-13-31(14-4-1)48-41-27-28-44-47(39-20-8-10-24-43(39)57-44)46(41)40-22-12-21-36(49(40)53-48)33-17-11-18-34(29-33)51-54-50(32-15-5-2-6-16-32)55-52(56-51)35-25-26-38-37-19-7-9-23-42(37)58-45(38)30-35/h1-30H. The molecule has 0 aliphatic heterocycles. The molecule has 0 saturated heterocycles. The molecule has 0 atom stereocenters. The summed E-state index contributed by atoms with van der Waals surface area (Å²) in [5, 5.41) is 8.60. The molecule has 12 rings (SSSR count). The van der Waals surface area contributed by atoms with Crippen LogP contribution in [0, 0.1) is 0 Å².